The van der Waals surface area contributed by atoms with Crippen molar-refractivity contribution in [3.05, 3.63) is 0 Å². The summed E-state index contributed by atoms with van der Waals surface area (Å²) in [6, 6.07) is 0.270. The van der Waals surface area contributed by atoms with E-state index in [2.05, 4.69) is 17.6 Å². The lowest BCUT2D eigenvalue weighted by Crippen LogP contribution is -2.45. The van der Waals surface area contributed by atoms with Gasteiger partial charge in [-0.3, -0.25) is 4.79 Å². The van der Waals surface area contributed by atoms with Crippen molar-refractivity contribution < 1.29 is 14.7 Å². The van der Waals surface area contributed by atoms with Gasteiger partial charge >= 0.3 is 12.0 Å². The summed E-state index contributed by atoms with van der Waals surface area (Å²) in [5, 5.41) is 14.4. The number of hydrogen-bond acceptors (Lipinski definition) is 2. The number of hydrogen-bond donors (Lipinski definition) is 3. The van der Waals surface area contributed by atoms with Crippen molar-refractivity contribution in [2.45, 2.75) is 57.9 Å². The molecule has 0 aromatic carbocycles. The van der Waals surface area contributed by atoms with E-state index in [4.69, 9.17) is 5.11 Å². The molecule has 5 nitrogen and oxygen atoms in total. The van der Waals surface area contributed by atoms with Crippen LogP contribution in [0.4, 0.5) is 4.79 Å². The van der Waals surface area contributed by atoms with Crippen LogP contribution < -0.4 is 10.6 Å². The van der Waals surface area contributed by atoms with E-state index < -0.39 is 5.97 Å². The Morgan fingerprint density at radius 3 is 2.56 bits per heavy atom. The fourth-order valence-electron chi connectivity index (χ4n) is 2.06. The van der Waals surface area contributed by atoms with Crippen LogP contribution >= 0.6 is 0 Å². The van der Waals surface area contributed by atoms with Crippen LogP contribution in [0.5, 0.6) is 0 Å². The number of rotatable bonds is 8. The van der Waals surface area contributed by atoms with Gasteiger partial charge in [-0.1, -0.05) is 13.3 Å². The maximum Gasteiger partial charge on any atom is 0.315 e. The summed E-state index contributed by atoms with van der Waals surface area (Å²) in [5.74, 6) is -0.366. The van der Waals surface area contributed by atoms with Gasteiger partial charge in [-0.05, 0) is 38.0 Å². The monoisotopic (exact) mass is 256 g/mol. The molecule has 1 aliphatic rings. The summed E-state index contributed by atoms with van der Waals surface area (Å²) in [4.78, 5) is 21.9. The lowest BCUT2D eigenvalue weighted by atomic mass is 9.93. The van der Waals surface area contributed by atoms with Gasteiger partial charge in [-0.15, -0.1) is 0 Å². The van der Waals surface area contributed by atoms with Gasteiger partial charge in [-0.25, -0.2) is 4.79 Å². The summed E-state index contributed by atoms with van der Waals surface area (Å²) in [6.45, 7) is 2.68. The highest BCUT2D eigenvalue weighted by molar-refractivity contribution is 5.74. The molecule has 1 saturated carbocycles. The summed E-state index contributed by atoms with van der Waals surface area (Å²) in [5.41, 5.74) is 0. The Labute approximate surface area is 108 Å². The second kappa shape index (κ2) is 7.95. The molecule has 3 N–H and O–H groups in total. The van der Waals surface area contributed by atoms with Crippen LogP contribution in [0.15, 0.2) is 0 Å². The highest BCUT2D eigenvalue weighted by Crippen LogP contribution is 2.17. The van der Waals surface area contributed by atoms with E-state index in [0.717, 1.165) is 25.7 Å². The van der Waals surface area contributed by atoms with Gasteiger partial charge in [0, 0.05) is 19.0 Å². The van der Waals surface area contributed by atoms with Gasteiger partial charge in [0.25, 0.3) is 0 Å². The van der Waals surface area contributed by atoms with Crippen molar-refractivity contribution in [2.24, 2.45) is 5.92 Å². The molecule has 0 heterocycles. The van der Waals surface area contributed by atoms with Crippen molar-refractivity contribution in [2.75, 3.05) is 6.54 Å². The van der Waals surface area contributed by atoms with E-state index in [9.17, 15) is 9.59 Å². The second-order valence-electron chi connectivity index (χ2n) is 5.02. The number of nitrogens with one attached hydrogen (secondary N) is 2. The van der Waals surface area contributed by atoms with Crippen LogP contribution in [0, 0.1) is 5.92 Å². The van der Waals surface area contributed by atoms with Crippen molar-refractivity contribution in [1.29, 1.82) is 0 Å². The van der Waals surface area contributed by atoms with Crippen molar-refractivity contribution in [1.82, 2.24) is 10.6 Å². The summed E-state index contributed by atoms with van der Waals surface area (Å²) >= 11 is 0. The lowest BCUT2D eigenvalue weighted by molar-refractivity contribution is -0.137. The molecular weight excluding hydrogens is 232 g/mol. The maximum absolute atomic E-state index is 11.5. The number of carbonyl (C=O) groups is 2. The Balaban J connectivity index is 2.06. The van der Waals surface area contributed by atoms with E-state index in [1.807, 2.05) is 0 Å². The first kappa shape index (κ1) is 14.8. The molecule has 1 unspecified atom stereocenters. The smallest absolute Gasteiger partial charge is 0.315 e. The first-order chi connectivity index (χ1) is 8.61. The Kier molecular flexibility index (Phi) is 6.54. The molecule has 0 aliphatic heterocycles. The minimum absolute atomic E-state index is 0.0900. The van der Waals surface area contributed by atoms with Crippen molar-refractivity contribution >= 4 is 12.0 Å². The van der Waals surface area contributed by atoms with E-state index in [1.165, 1.54) is 6.42 Å². The standard InChI is InChI=1S/C13H24N2O3/c1-2-10(6-7-12(16)17)8-9-14-13(18)15-11-4-3-5-11/h10-11H,2-9H2,1H3,(H,16,17)(H2,14,15,18). The summed E-state index contributed by atoms with van der Waals surface area (Å²) < 4.78 is 0. The van der Waals surface area contributed by atoms with E-state index in [1.54, 1.807) is 0 Å². The zero-order valence-electron chi connectivity index (χ0n) is 11.1. The highest BCUT2D eigenvalue weighted by Gasteiger charge is 2.19. The van der Waals surface area contributed by atoms with Crippen molar-refractivity contribution in [3.63, 3.8) is 0 Å². The molecule has 0 aromatic heterocycles. The van der Waals surface area contributed by atoms with Gasteiger partial charge in [0.2, 0.25) is 0 Å². The third-order valence-electron chi connectivity index (χ3n) is 3.62. The van der Waals surface area contributed by atoms with Gasteiger partial charge in [0.15, 0.2) is 0 Å². The number of carboxylic acids is 1. The predicted molar refractivity (Wildman–Crippen MR) is 69.4 cm³/mol. The molecule has 1 fully saturated rings. The summed E-state index contributed by atoms with van der Waals surface area (Å²) in [6.07, 6.45) is 6.09. The average Bonchev–Trinajstić information content (AvgIpc) is 2.28. The van der Waals surface area contributed by atoms with Crippen LogP contribution in [-0.2, 0) is 4.79 Å². The highest BCUT2D eigenvalue weighted by atomic mass is 16.4. The fraction of sp³-hybridized carbons (Fsp3) is 0.846. The number of aliphatic carboxylic acids is 1. The number of carbonyl (C=O) groups excluding carboxylic acids is 1. The molecule has 0 saturated heterocycles. The summed E-state index contributed by atoms with van der Waals surface area (Å²) in [7, 11) is 0. The van der Waals surface area contributed by atoms with Crippen LogP contribution in [0.2, 0.25) is 0 Å². The Morgan fingerprint density at radius 1 is 1.33 bits per heavy atom. The number of carboxylic acid groups (broad SMARTS) is 1. The molecule has 0 bridgehead atoms. The van der Waals surface area contributed by atoms with E-state index in [0.29, 0.717) is 24.9 Å². The SMILES string of the molecule is CCC(CCNC(=O)NC1CCC1)CCC(=O)O. The Hall–Kier alpha value is -1.26. The zero-order chi connectivity index (χ0) is 13.4. The quantitative estimate of drug-likeness (QED) is 0.622. The third-order valence-corrected chi connectivity index (χ3v) is 3.62. The largest absolute Gasteiger partial charge is 0.481 e. The Bertz CT molecular complexity index is 277. The topological polar surface area (TPSA) is 78.4 Å². The van der Waals surface area contributed by atoms with Crippen molar-refractivity contribution in [3.8, 4) is 0 Å². The molecule has 0 spiro atoms. The lowest BCUT2D eigenvalue weighted by Gasteiger charge is -2.26. The minimum Gasteiger partial charge on any atom is -0.481 e. The molecule has 18 heavy (non-hydrogen) atoms. The maximum atomic E-state index is 11.5. The molecule has 1 rings (SSSR count). The normalized spacial score (nSPS) is 16.7. The second-order valence-corrected chi connectivity index (χ2v) is 5.02. The zero-order valence-corrected chi connectivity index (χ0v) is 11.1. The van der Waals surface area contributed by atoms with Gasteiger partial charge in [0.05, 0.1) is 0 Å². The molecule has 1 aliphatic carbocycles. The molecule has 104 valence electrons. The Morgan fingerprint density at radius 2 is 2.06 bits per heavy atom. The molecule has 5 heteroatoms. The molecular formula is C13H24N2O3. The van der Waals surface area contributed by atoms with Crippen LogP contribution in [0.1, 0.15) is 51.9 Å². The minimum atomic E-state index is -0.746. The molecule has 1 atom stereocenters. The third kappa shape index (κ3) is 5.89. The van der Waals surface area contributed by atoms with Gasteiger partial charge in [0.1, 0.15) is 0 Å². The van der Waals surface area contributed by atoms with Gasteiger partial charge in [-0.2, -0.15) is 0 Å². The first-order valence-corrected chi connectivity index (χ1v) is 6.88. The predicted octanol–water partition coefficient (Wildman–Crippen LogP) is 2.12. The molecule has 2 amide bonds. The van der Waals surface area contributed by atoms with E-state index >= 15 is 0 Å². The van der Waals surface area contributed by atoms with Crippen LogP contribution in [-0.4, -0.2) is 29.7 Å². The molecule has 0 radical (unpaired) electrons. The van der Waals surface area contributed by atoms with Crippen LogP contribution in [0.3, 0.4) is 0 Å². The number of amides is 2. The molecule has 0 aromatic rings. The average molecular weight is 256 g/mol. The van der Waals surface area contributed by atoms with Gasteiger partial charge < -0.3 is 15.7 Å². The fourth-order valence-corrected chi connectivity index (χ4v) is 2.06. The van der Waals surface area contributed by atoms with Crippen LogP contribution in [0.25, 0.3) is 0 Å². The van der Waals surface area contributed by atoms with E-state index in [-0.39, 0.29) is 12.5 Å². The number of urea groups is 1. The first-order valence-electron chi connectivity index (χ1n) is 6.88.